The summed E-state index contributed by atoms with van der Waals surface area (Å²) in [6.07, 6.45) is 1.33. The molecule has 0 unspecified atom stereocenters. The van der Waals surface area contributed by atoms with Crippen molar-refractivity contribution in [1.29, 1.82) is 0 Å². The molecule has 0 spiro atoms. The Morgan fingerprint density at radius 1 is 0.867 bits per heavy atom. The fourth-order valence-electron chi connectivity index (χ4n) is 4.00. The SMILES string of the molecule is O=C1N(c2ccc(F)cc2)[C@@H](c2ccc(O)cc2)[C@@]1(O)CCCc1ccc(F)cc1. The number of aliphatic hydroxyl groups is 1. The molecule has 1 fully saturated rings. The van der Waals surface area contributed by atoms with E-state index in [0.29, 0.717) is 24.1 Å². The Labute approximate surface area is 173 Å². The number of benzene rings is 3. The van der Waals surface area contributed by atoms with Gasteiger partial charge in [-0.2, -0.15) is 0 Å². The molecule has 30 heavy (non-hydrogen) atoms. The first-order valence-electron chi connectivity index (χ1n) is 9.73. The van der Waals surface area contributed by atoms with Gasteiger partial charge in [0.25, 0.3) is 5.91 Å². The zero-order chi connectivity index (χ0) is 21.3. The predicted octanol–water partition coefficient (Wildman–Crippen LogP) is 4.51. The first kappa shape index (κ1) is 20.0. The number of phenolic OH excluding ortho intramolecular Hbond substituents is 1. The minimum absolute atomic E-state index is 0.0811. The number of hydrogen-bond acceptors (Lipinski definition) is 3. The molecule has 1 aliphatic rings. The number of halogens is 2. The maximum absolute atomic E-state index is 13.3. The standard InChI is InChI=1S/C24H21F2NO3/c25-18-7-3-16(4-8-18)2-1-15-24(30)22(17-5-13-21(28)14-6-17)27(23(24)29)20-11-9-19(26)10-12-20/h3-14,22,28,30H,1-2,15H2/t22-,24-/m0/s1. The minimum Gasteiger partial charge on any atom is -0.508 e. The van der Waals surface area contributed by atoms with Gasteiger partial charge in [-0.3, -0.25) is 9.69 Å². The van der Waals surface area contributed by atoms with Crippen LogP contribution in [0.25, 0.3) is 0 Å². The first-order chi connectivity index (χ1) is 14.4. The normalized spacial score (nSPS) is 20.8. The van der Waals surface area contributed by atoms with Crippen LogP contribution in [-0.2, 0) is 11.2 Å². The molecule has 6 heteroatoms. The fourth-order valence-corrected chi connectivity index (χ4v) is 4.00. The molecule has 4 rings (SSSR count). The topological polar surface area (TPSA) is 60.8 Å². The monoisotopic (exact) mass is 409 g/mol. The zero-order valence-electron chi connectivity index (χ0n) is 16.1. The number of hydrogen-bond donors (Lipinski definition) is 2. The predicted molar refractivity (Wildman–Crippen MR) is 109 cm³/mol. The number of β-lactam (4-membered cyclic amide) rings is 1. The van der Waals surface area contributed by atoms with Crippen LogP contribution >= 0.6 is 0 Å². The molecule has 154 valence electrons. The molecule has 0 radical (unpaired) electrons. The number of phenols is 1. The van der Waals surface area contributed by atoms with Crippen LogP contribution in [0.15, 0.2) is 72.8 Å². The lowest BCUT2D eigenvalue weighted by Gasteiger charge is -2.53. The highest BCUT2D eigenvalue weighted by Gasteiger charge is 2.60. The van der Waals surface area contributed by atoms with Gasteiger partial charge >= 0.3 is 0 Å². The van der Waals surface area contributed by atoms with Crippen LogP contribution in [0.2, 0.25) is 0 Å². The smallest absolute Gasteiger partial charge is 0.262 e. The number of carbonyl (C=O) groups is 1. The molecule has 0 saturated carbocycles. The van der Waals surface area contributed by atoms with E-state index in [9.17, 15) is 23.8 Å². The molecule has 1 amide bonds. The van der Waals surface area contributed by atoms with Crippen molar-refractivity contribution in [2.24, 2.45) is 0 Å². The molecular weight excluding hydrogens is 388 g/mol. The highest BCUT2D eigenvalue weighted by atomic mass is 19.1. The van der Waals surface area contributed by atoms with E-state index in [4.69, 9.17) is 0 Å². The highest BCUT2D eigenvalue weighted by Crippen LogP contribution is 2.48. The van der Waals surface area contributed by atoms with Gasteiger partial charge in [0.1, 0.15) is 17.4 Å². The Morgan fingerprint density at radius 3 is 2.03 bits per heavy atom. The van der Waals surface area contributed by atoms with Gasteiger partial charge in [0.05, 0.1) is 6.04 Å². The van der Waals surface area contributed by atoms with Crippen LogP contribution in [-0.4, -0.2) is 21.7 Å². The molecule has 4 nitrogen and oxygen atoms in total. The van der Waals surface area contributed by atoms with Crippen molar-refractivity contribution in [3.8, 4) is 5.75 Å². The summed E-state index contributed by atoms with van der Waals surface area (Å²) < 4.78 is 26.4. The van der Waals surface area contributed by atoms with Crippen molar-refractivity contribution in [2.75, 3.05) is 4.90 Å². The number of nitrogens with zero attached hydrogens (tertiary/aromatic N) is 1. The average molecular weight is 409 g/mol. The number of amides is 1. The molecule has 3 aromatic carbocycles. The van der Waals surface area contributed by atoms with Crippen LogP contribution < -0.4 is 4.90 Å². The van der Waals surface area contributed by atoms with Crippen molar-refractivity contribution < 1.29 is 23.8 Å². The first-order valence-corrected chi connectivity index (χ1v) is 9.73. The molecule has 0 bridgehead atoms. The lowest BCUT2D eigenvalue weighted by molar-refractivity contribution is -0.155. The van der Waals surface area contributed by atoms with E-state index >= 15 is 0 Å². The van der Waals surface area contributed by atoms with E-state index in [2.05, 4.69) is 0 Å². The van der Waals surface area contributed by atoms with E-state index in [1.807, 2.05) is 0 Å². The fraction of sp³-hybridized carbons (Fsp3) is 0.208. The van der Waals surface area contributed by atoms with Crippen molar-refractivity contribution in [3.63, 3.8) is 0 Å². The van der Waals surface area contributed by atoms with Gasteiger partial charge in [-0.15, -0.1) is 0 Å². The molecule has 0 aliphatic carbocycles. The van der Waals surface area contributed by atoms with Gasteiger partial charge in [-0.05, 0) is 78.9 Å². The van der Waals surface area contributed by atoms with Crippen molar-refractivity contribution >= 4 is 11.6 Å². The third kappa shape index (κ3) is 3.66. The number of carbonyl (C=O) groups excluding carboxylic acids is 1. The lowest BCUT2D eigenvalue weighted by Crippen LogP contribution is -2.68. The van der Waals surface area contributed by atoms with Gasteiger partial charge in [-0.1, -0.05) is 24.3 Å². The minimum atomic E-state index is -1.62. The van der Waals surface area contributed by atoms with E-state index in [0.717, 1.165) is 5.56 Å². The summed E-state index contributed by atoms with van der Waals surface area (Å²) in [6.45, 7) is 0. The second-order valence-corrected chi connectivity index (χ2v) is 7.55. The van der Waals surface area contributed by atoms with Crippen molar-refractivity contribution in [3.05, 3.63) is 95.6 Å². The Kier molecular flexibility index (Phi) is 5.26. The van der Waals surface area contributed by atoms with E-state index in [-0.39, 0.29) is 18.0 Å². The quantitative estimate of drug-likeness (QED) is 0.589. The molecule has 2 atom stereocenters. The van der Waals surface area contributed by atoms with Crippen LogP contribution in [0.1, 0.15) is 30.0 Å². The summed E-state index contributed by atoms with van der Waals surface area (Å²) in [4.78, 5) is 14.4. The molecule has 3 aromatic rings. The van der Waals surface area contributed by atoms with E-state index < -0.39 is 23.4 Å². The molecular formula is C24H21F2NO3. The Bertz CT molecular complexity index is 1040. The molecule has 1 heterocycles. The van der Waals surface area contributed by atoms with Crippen molar-refractivity contribution in [2.45, 2.75) is 30.9 Å². The Morgan fingerprint density at radius 2 is 1.43 bits per heavy atom. The van der Waals surface area contributed by atoms with Crippen LogP contribution in [0.4, 0.5) is 14.5 Å². The summed E-state index contributed by atoms with van der Waals surface area (Å²) in [5.41, 5.74) is 0.456. The second-order valence-electron chi connectivity index (χ2n) is 7.55. The maximum atomic E-state index is 13.3. The molecule has 0 aromatic heterocycles. The zero-order valence-corrected chi connectivity index (χ0v) is 16.1. The number of anilines is 1. The average Bonchev–Trinajstić information content (AvgIpc) is 2.75. The second kappa shape index (κ2) is 7.88. The summed E-state index contributed by atoms with van der Waals surface area (Å²) in [5.74, 6) is -1.10. The summed E-state index contributed by atoms with van der Waals surface area (Å²) >= 11 is 0. The summed E-state index contributed by atoms with van der Waals surface area (Å²) in [7, 11) is 0. The highest BCUT2D eigenvalue weighted by molar-refractivity contribution is 6.08. The molecule has 1 aliphatic heterocycles. The summed E-state index contributed by atoms with van der Waals surface area (Å²) in [5, 5.41) is 20.9. The van der Waals surface area contributed by atoms with Crippen LogP contribution in [0.5, 0.6) is 5.75 Å². The van der Waals surface area contributed by atoms with Gasteiger partial charge in [0.2, 0.25) is 0 Å². The Hall–Kier alpha value is -3.25. The third-order valence-electron chi connectivity index (χ3n) is 5.55. The van der Waals surface area contributed by atoms with E-state index in [1.165, 1.54) is 53.4 Å². The van der Waals surface area contributed by atoms with Gasteiger partial charge in [0, 0.05) is 5.69 Å². The third-order valence-corrected chi connectivity index (χ3v) is 5.55. The van der Waals surface area contributed by atoms with Crippen molar-refractivity contribution in [1.82, 2.24) is 0 Å². The molecule has 2 N–H and O–H groups in total. The number of aryl methyl sites for hydroxylation is 1. The van der Waals surface area contributed by atoms with E-state index in [1.54, 1.807) is 24.3 Å². The maximum Gasteiger partial charge on any atom is 0.262 e. The van der Waals surface area contributed by atoms with Gasteiger partial charge in [0.15, 0.2) is 5.60 Å². The summed E-state index contributed by atoms with van der Waals surface area (Å²) in [6, 6.07) is 17.3. The lowest BCUT2D eigenvalue weighted by atomic mass is 9.74. The Balaban J connectivity index is 1.58. The van der Waals surface area contributed by atoms with Crippen LogP contribution in [0, 0.1) is 11.6 Å². The van der Waals surface area contributed by atoms with Crippen LogP contribution in [0.3, 0.4) is 0 Å². The number of aromatic hydroxyl groups is 1. The van der Waals surface area contributed by atoms with Gasteiger partial charge in [-0.25, -0.2) is 8.78 Å². The number of rotatable bonds is 6. The van der Waals surface area contributed by atoms with Gasteiger partial charge < -0.3 is 10.2 Å². The largest absolute Gasteiger partial charge is 0.508 e. The molecule has 1 saturated heterocycles.